The number of aryl methyl sites for hydroxylation is 1. The number of fused-ring (bicyclic) bond motifs is 1. The number of benzene rings is 2. The van der Waals surface area contributed by atoms with Gasteiger partial charge in [0, 0.05) is 0 Å². The molecule has 2 aromatic carbocycles. The second kappa shape index (κ2) is 5.97. The average molecular weight is 269 g/mol. The van der Waals surface area contributed by atoms with E-state index in [-0.39, 0.29) is 0 Å². The molecule has 0 atom stereocenters. The van der Waals surface area contributed by atoms with Gasteiger partial charge in [-0.1, -0.05) is 30.3 Å². The first-order valence-electron chi connectivity index (χ1n) is 7.06. The zero-order valence-electron chi connectivity index (χ0n) is 11.5. The molecule has 3 rings (SSSR count). The summed E-state index contributed by atoms with van der Waals surface area (Å²) in [5.41, 5.74) is 9.21. The smallest absolute Gasteiger partial charge is 0.161 e. The van der Waals surface area contributed by atoms with Gasteiger partial charge in [0.25, 0.3) is 0 Å². The Morgan fingerprint density at radius 1 is 0.850 bits per heavy atom. The lowest BCUT2D eigenvalue weighted by Gasteiger charge is -2.19. The third-order valence-corrected chi connectivity index (χ3v) is 3.50. The largest absolute Gasteiger partial charge is 0.486 e. The first-order chi connectivity index (χ1) is 9.86. The van der Waals surface area contributed by atoms with Gasteiger partial charge in [0.05, 0.1) is 0 Å². The Kier molecular flexibility index (Phi) is 3.88. The first kappa shape index (κ1) is 13.0. The summed E-state index contributed by atoms with van der Waals surface area (Å²) in [5, 5.41) is 0. The highest BCUT2D eigenvalue weighted by atomic mass is 16.6. The van der Waals surface area contributed by atoms with Crippen molar-refractivity contribution < 1.29 is 9.47 Å². The Bertz CT molecular complexity index is 578. The zero-order chi connectivity index (χ0) is 13.8. The molecule has 0 aliphatic carbocycles. The van der Waals surface area contributed by atoms with E-state index < -0.39 is 0 Å². The van der Waals surface area contributed by atoms with Gasteiger partial charge in [0.1, 0.15) is 13.2 Å². The summed E-state index contributed by atoms with van der Waals surface area (Å²) in [5.74, 6) is 1.67. The van der Waals surface area contributed by atoms with Gasteiger partial charge >= 0.3 is 0 Å². The van der Waals surface area contributed by atoms with Crippen LogP contribution in [0.5, 0.6) is 11.5 Å². The zero-order valence-corrected chi connectivity index (χ0v) is 11.5. The summed E-state index contributed by atoms with van der Waals surface area (Å²) >= 11 is 0. The van der Waals surface area contributed by atoms with Crippen LogP contribution in [0.3, 0.4) is 0 Å². The van der Waals surface area contributed by atoms with E-state index in [1.54, 1.807) is 0 Å². The van der Waals surface area contributed by atoms with Crippen LogP contribution in [0.2, 0.25) is 0 Å². The fourth-order valence-corrected chi connectivity index (χ4v) is 2.39. The lowest BCUT2D eigenvalue weighted by atomic mass is 10.0. The van der Waals surface area contributed by atoms with Crippen LogP contribution in [0.25, 0.3) is 11.1 Å². The third-order valence-electron chi connectivity index (χ3n) is 3.50. The second-order valence-electron chi connectivity index (χ2n) is 4.95. The number of ether oxygens (including phenoxy) is 2. The van der Waals surface area contributed by atoms with E-state index in [0.29, 0.717) is 13.2 Å². The molecular weight excluding hydrogens is 250 g/mol. The van der Waals surface area contributed by atoms with Crippen molar-refractivity contribution in [3.8, 4) is 22.6 Å². The minimum absolute atomic E-state index is 0.620. The lowest BCUT2D eigenvalue weighted by molar-refractivity contribution is 0.171. The molecule has 0 amide bonds. The summed E-state index contributed by atoms with van der Waals surface area (Å²) in [6.45, 7) is 1.99. The van der Waals surface area contributed by atoms with Gasteiger partial charge in [0.2, 0.25) is 0 Å². The van der Waals surface area contributed by atoms with Crippen molar-refractivity contribution in [1.29, 1.82) is 0 Å². The van der Waals surface area contributed by atoms with E-state index in [9.17, 15) is 0 Å². The fraction of sp³-hybridized carbons (Fsp3) is 0.294. The summed E-state index contributed by atoms with van der Waals surface area (Å²) in [4.78, 5) is 0. The molecule has 0 aromatic heterocycles. The van der Waals surface area contributed by atoms with Gasteiger partial charge in [-0.2, -0.15) is 0 Å². The quantitative estimate of drug-likeness (QED) is 0.928. The SMILES string of the molecule is NCCCc1ccc(-c2ccc3c(c2)OCCO3)cc1. The molecule has 20 heavy (non-hydrogen) atoms. The van der Waals surface area contributed by atoms with Crippen molar-refractivity contribution in [3.05, 3.63) is 48.0 Å². The predicted molar refractivity (Wildman–Crippen MR) is 80.2 cm³/mol. The topological polar surface area (TPSA) is 44.5 Å². The Morgan fingerprint density at radius 3 is 2.30 bits per heavy atom. The van der Waals surface area contributed by atoms with E-state index in [1.807, 2.05) is 12.1 Å². The maximum Gasteiger partial charge on any atom is 0.161 e. The fourth-order valence-electron chi connectivity index (χ4n) is 2.39. The average Bonchev–Trinajstić information content (AvgIpc) is 2.53. The van der Waals surface area contributed by atoms with Crippen LogP contribution in [0.1, 0.15) is 12.0 Å². The maximum atomic E-state index is 5.62. The predicted octanol–water partition coefficient (Wildman–Crippen LogP) is 3.02. The van der Waals surface area contributed by atoms with Crippen LogP contribution in [0.4, 0.5) is 0 Å². The Labute approximate surface area is 119 Å². The molecule has 1 heterocycles. The van der Waals surface area contributed by atoms with Crippen molar-refractivity contribution >= 4 is 0 Å². The highest BCUT2D eigenvalue weighted by molar-refractivity contribution is 5.67. The maximum absolute atomic E-state index is 5.62. The molecule has 3 nitrogen and oxygen atoms in total. The molecule has 2 aromatic rings. The van der Waals surface area contributed by atoms with E-state index in [0.717, 1.165) is 36.4 Å². The minimum Gasteiger partial charge on any atom is -0.486 e. The highest BCUT2D eigenvalue weighted by Gasteiger charge is 2.12. The van der Waals surface area contributed by atoms with Crippen LogP contribution >= 0.6 is 0 Å². The Balaban J connectivity index is 1.81. The number of hydrogen-bond acceptors (Lipinski definition) is 3. The van der Waals surface area contributed by atoms with Gasteiger partial charge in [-0.15, -0.1) is 0 Å². The van der Waals surface area contributed by atoms with Crippen molar-refractivity contribution in [2.24, 2.45) is 5.73 Å². The molecule has 104 valence electrons. The Hall–Kier alpha value is -2.00. The van der Waals surface area contributed by atoms with Crippen molar-refractivity contribution in [2.45, 2.75) is 12.8 Å². The molecule has 0 saturated carbocycles. The summed E-state index contributed by atoms with van der Waals surface area (Å²) < 4.78 is 11.2. The van der Waals surface area contributed by atoms with Gasteiger partial charge in [0.15, 0.2) is 11.5 Å². The van der Waals surface area contributed by atoms with Gasteiger partial charge in [-0.05, 0) is 48.2 Å². The van der Waals surface area contributed by atoms with Crippen LogP contribution in [0.15, 0.2) is 42.5 Å². The van der Waals surface area contributed by atoms with E-state index in [1.165, 1.54) is 11.1 Å². The molecular formula is C17H19NO2. The monoisotopic (exact) mass is 269 g/mol. The summed E-state index contributed by atoms with van der Waals surface area (Å²) in [6.07, 6.45) is 2.07. The molecule has 0 bridgehead atoms. The van der Waals surface area contributed by atoms with Crippen LogP contribution in [-0.4, -0.2) is 19.8 Å². The summed E-state index contributed by atoms with van der Waals surface area (Å²) in [6, 6.07) is 14.7. The summed E-state index contributed by atoms with van der Waals surface area (Å²) in [7, 11) is 0. The van der Waals surface area contributed by atoms with Crippen molar-refractivity contribution in [2.75, 3.05) is 19.8 Å². The lowest BCUT2D eigenvalue weighted by Crippen LogP contribution is -2.15. The molecule has 3 heteroatoms. The van der Waals surface area contributed by atoms with Crippen LogP contribution in [0, 0.1) is 0 Å². The molecule has 1 aliphatic heterocycles. The highest BCUT2D eigenvalue weighted by Crippen LogP contribution is 2.34. The first-order valence-corrected chi connectivity index (χ1v) is 7.06. The third kappa shape index (κ3) is 2.78. The molecule has 1 aliphatic rings. The number of hydrogen-bond donors (Lipinski definition) is 1. The standard InChI is InChI=1S/C17H19NO2/c18-9-1-2-13-3-5-14(6-4-13)15-7-8-16-17(12-15)20-11-10-19-16/h3-8,12H,1-2,9-11,18H2. The molecule has 0 spiro atoms. The molecule has 0 radical (unpaired) electrons. The Morgan fingerprint density at radius 2 is 1.55 bits per heavy atom. The van der Waals surface area contributed by atoms with Gasteiger partial charge < -0.3 is 15.2 Å². The molecule has 0 saturated heterocycles. The minimum atomic E-state index is 0.620. The van der Waals surface area contributed by atoms with Gasteiger partial charge in [-0.25, -0.2) is 0 Å². The molecule has 0 fully saturated rings. The van der Waals surface area contributed by atoms with Crippen LogP contribution in [-0.2, 0) is 6.42 Å². The number of rotatable bonds is 4. The van der Waals surface area contributed by atoms with Crippen LogP contribution < -0.4 is 15.2 Å². The van der Waals surface area contributed by atoms with Crippen molar-refractivity contribution in [1.82, 2.24) is 0 Å². The number of nitrogens with two attached hydrogens (primary N) is 1. The molecule has 0 unspecified atom stereocenters. The van der Waals surface area contributed by atoms with Crippen molar-refractivity contribution in [3.63, 3.8) is 0 Å². The second-order valence-corrected chi connectivity index (χ2v) is 4.95. The van der Waals surface area contributed by atoms with E-state index >= 15 is 0 Å². The normalized spacial score (nSPS) is 13.2. The van der Waals surface area contributed by atoms with Gasteiger partial charge in [-0.3, -0.25) is 0 Å². The van der Waals surface area contributed by atoms with E-state index in [2.05, 4.69) is 30.3 Å². The molecule has 2 N–H and O–H groups in total. The van der Waals surface area contributed by atoms with E-state index in [4.69, 9.17) is 15.2 Å².